The fraction of sp³-hybridized carbons (Fsp3) is 0.467. The molecule has 2 rings (SSSR count). The fourth-order valence-corrected chi connectivity index (χ4v) is 3.37. The third kappa shape index (κ3) is 3.76. The predicted molar refractivity (Wildman–Crippen MR) is 80.3 cm³/mol. The normalized spacial score (nSPS) is 17.8. The van der Waals surface area contributed by atoms with Crippen molar-refractivity contribution in [3.05, 3.63) is 30.3 Å². The van der Waals surface area contributed by atoms with Crippen molar-refractivity contribution in [1.82, 2.24) is 4.90 Å². The number of rotatable bonds is 4. The molecule has 0 unspecified atom stereocenters. The zero-order valence-electron chi connectivity index (χ0n) is 11.6. The first-order valence-corrected chi connectivity index (χ1v) is 7.75. The van der Waals surface area contributed by atoms with Gasteiger partial charge >= 0.3 is 0 Å². The number of thioether (sulfide) groups is 1. The first kappa shape index (κ1) is 14.9. The van der Waals surface area contributed by atoms with E-state index in [2.05, 4.69) is 0 Å². The van der Waals surface area contributed by atoms with Crippen LogP contribution in [-0.4, -0.2) is 35.1 Å². The molecule has 0 saturated carbocycles. The van der Waals surface area contributed by atoms with E-state index < -0.39 is 0 Å². The Balaban J connectivity index is 1.87. The Labute approximate surface area is 123 Å². The molecular formula is C15H20N2O2S. The number of nitrogens with two attached hydrogens (primary N) is 1. The number of benzene rings is 1. The van der Waals surface area contributed by atoms with E-state index in [0.29, 0.717) is 25.9 Å². The molecule has 1 saturated heterocycles. The van der Waals surface area contributed by atoms with Crippen LogP contribution in [0.25, 0.3) is 0 Å². The highest BCUT2D eigenvalue weighted by Gasteiger charge is 2.28. The smallest absolute Gasteiger partial charge is 0.235 e. The maximum absolute atomic E-state index is 12.4. The van der Waals surface area contributed by atoms with Crippen molar-refractivity contribution in [2.24, 2.45) is 11.7 Å². The Morgan fingerprint density at radius 3 is 2.40 bits per heavy atom. The van der Waals surface area contributed by atoms with E-state index >= 15 is 0 Å². The molecule has 2 N–H and O–H groups in total. The Hall–Kier alpha value is -1.49. The van der Waals surface area contributed by atoms with Gasteiger partial charge in [0.15, 0.2) is 0 Å². The highest BCUT2D eigenvalue weighted by Crippen LogP contribution is 2.26. The Bertz CT molecular complexity index is 470. The van der Waals surface area contributed by atoms with Gasteiger partial charge in [0.2, 0.25) is 11.8 Å². The Morgan fingerprint density at radius 1 is 1.25 bits per heavy atom. The van der Waals surface area contributed by atoms with Gasteiger partial charge in [-0.25, -0.2) is 0 Å². The number of nitrogens with zero attached hydrogens (tertiary/aromatic N) is 1. The first-order chi connectivity index (χ1) is 9.58. The Morgan fingerprint density at radius 2 is 1.85 bits per heavy atom. The van der Waals surface area contributed by atoms with Gasteiger partial charge in [0, 0.05) is 23.9 Å². The summed E-state index contributed by atoms with van der Waals surface area (Å²) in [5.41, 5.74) is 5.30. The second kappa shape index (κ2) is 6.79. The van der Waals surface area contributed by atoms with Gasteiger partial charge in [-0.2, -0.15) is 0 Å². The molecule has 1 aliphatic heterocycles. The first-order valence-electron chi connectivity index (χ1n) is 6.87. The largest absolute Gasteiger partial charge is 0.369 e. The van der Waals surface area contributed by atoms with Crippen LogP contribution in [0.5, 0.6) is 0 Å². The van der Waals surface area contributed by atoms with E-state index in [-0.39, 0.29) is 23.0 Å². The molecule has 1 fully saturated rings. The minimum atomic E-state index is -0.246. The summed E-state index contributed by atoms with van der Waals surface area (Å²) >= 11 is 1.57. The van der Waals surface area contributed by atoms with Crippen LogP contribution in [0.3, 0.4) is 0 Å². The van der Waals surface area contributed by atoms with Crippen molar-refractivity contribution in [1.29, 1.82) is 0 Å². The summed E-state index contributed by atoms with van der Waals surface area (Å²) in [5, 5.41) is -0.109. The van der Waals surface area contributed by atoms with Gasteiger partial charge in [0.25, 0.3) is 0 Å². The summed E-state index contributed by atoms with van der Waals surface area (Å²) in [5.74, 6) is -0.179. The van der Waals surface area contributed by atoms with E-state index in [1.54, 1.807) is 11.8 Å². The monoisotopic (exact) mass is 292 g/mol. The number of hydrogen-bond acceptors (Lipinski definition) is 3. The van der Waals surface area contributed by atoms with E-state index in [1.807, 2.05) is 42.2 Å². The van der Waals surface area contributed by atoms with E-state index in [0.717, 1.165) is 4.90 Å². The third-order valence-corrected chi connectivity index (χ3v) is 4.71. The topological polar surface area (TPSA) is 63.4 Å². The molecule has 0 bridgehead atoms. The van der Waals surface area contributed by atoms with Crippen molar-refractivity contribution in [2.45, 2.75) is 29.9 Å². The predicted octanol–water partition coefficient (Wildman–Crippen LogP) is 1.89. The number of piperidine rings is 1. The van der Waals surface area contributed by atoms with Crippen LogP contribution in [0.1, 0.15) is 19.8 Å². The van der Waals surface area contributed by atoms with Crippen molar-refractivity contribution < 1.29 is 9.59 Å². The molecule has 20 heavy (non-hydrogen) atoms. The summed E-state index contributed by atoms with van der Waals surface area (Å²) in [6.07, 6.45) is 1.37. The van der Waals surface area contributed by atoms with Gasteiger partial charge in [-0.05, 0) is 31.9 Å². The molecule has 0 spiro atoms. The number of carbonyl (C=O) groups excluding carboxylic acids is 2. The van der Waals surface area contributed by atoms with E-state index in [1.165, 1.54) is 0 Å². The Kier molecular flexibility index (Phi) is 5.06. The number of carbonyl (C=O) groups is 2. The lowest BCUT2D eigenvalue weighted by Gasteiger charge is -2.32. The van der Waals surface area contributed by atoms with Crippen LogP contribution < -0.4 is 5.73 Å². The lowest BCUT2D eigenvalue weighted by atomic mass is 9.96. The van der Waals surface area contributed by atoms with Gasteiger partial charge in [0.1, 0.15) is 0 Å². The molecule has 1 aromatic rings. The van der Waals surface area contributed by atoms with Crippen molar-refractivity contribution in [3.8, 4) is 0 Å². The van der Waals surface area contributed by atoms with E-state index in [9.17, 15) is 9.59 Å². The summed E-state index contributed by atoms with van der Waals surface area (Å²) in [4.78, 5) is 26.4. The molecule has 1 atom stereocenters. The molecule has 1 aromatic carbocycles. The summed E-state index contributed by atoms with van der Waals surface area (Å²) in [6.45, 7) is 3.19. The summed E-state index contributed by atoms with van der Waals surface area (Å²) in [6, 6.07) is 9.92. The van der Waals surface area contributed by atoms with Crippen LogP contribution in [0, 0.1) is 5.92 Å². The standard InChI is InChI=1S/C15H20N2O2S/c1-11(20-13-5-3-2-4-6-13)15(19)17-9-7-12(8-10-17)14(16)18/h2-6,11-12H,7-10H2,1H3,(H2,16,18)/t11-/m0/s1. The minimum Gasteiger partial charge on any atom is -0.369 e. The van der Waals surface area contributed by atoms with Crippen molar-refractivity contribution >= 4 is 23.6 Å². The fourth-order valence-electron chi connectivity index (χ4n) is 2.40. The molecule has 0 radical (unpaired) electrons. The average molecular weight is 292 g/mol. The molecule has 2 amide bonds. The van der Waals surface area contributed by atoms with Crippen LogP contribution >= 0.6 is 11.8 Å². The van der Waals surface area contributed by atoms with Gasteiger partial charge < -0.3 is 10.6 Å². The second-order valence-electron chi connectivity index (χ2n) is 5.08. The number of primary amides is 1. The molecule has 108 valence electrons. The highest BCUT2D eigenvalue weighted by molar-refractivity contribution is 8.00. The lowest BCUT2D eigenvalue weighted by Crippen LogP contribution is -2.44. The maximum atomic E-state index is 12.4. The zero-order valence-corrected chi connectivity index (χ0v) is 12.4. The number of amides is 2. The summed E-state index contributed by atoms with van der Waals surface area (Å²) < 4.78 is 0. The van der Waals surface area contributed by atoms with Gasteiger partial charge in [-0.15, -0.1) is 11.8 Å². The lowest BCUT2D eigenvalue weighted by molar-refractivity contribution is -0.134. The second-order valence-corrected chi connectivity index (χ2v) is 6.49. The highest BCUT2D eigenvalue weighted by atomic mass is 32.2. The quantitative estimate of drug-likeness (QED) is 0.862. The maximum Gasteiger partial charge on any atom is 0.235 e. The van der Waals surface area contributed by atoms with Crippen LogP contribution in [0.2, 0.25) is 0 Å². The van der Waals surface area contributed by atoms with Crippen LogP contribution in [0.4, 0.5) is 0 Å². The molecule has 1 aliphatic rings. The van der Waals surface area contributed by atoms with Gasteiger partial charge in [-0.1, -0.05) is 18.2 Å². The average Bonchev–Trinajstić information content (AvgIpc) is 2.47. The molecule has 0 aromatic heterocycles. The number of hydrogen-bond donors (Lipinski definition) is 1. The minimum absolute atomic E-state index is 0.0730. The molecule has 4 nitrogen and oxygen atoms in total. The third-order valence-electron chi connectivity index (χ3n) is 3.61. The SMILES string of the molecule is C[C@H](Sc1ccccc1)C(=O)N1CCC(C(N)=O)CC1. The van der Waals surface area contributed by atoms with Crippen LogP contribution in [-0.2, 0) is 9.59 Å². The van der Waals surface area contributed by atoms with Gasteiger partial charge in [0.05, 0.1) is 5.25 Å². The van der Waals surface area contributed by atoms with Crippen LogP contribution in [0.15, 0.2) is 35.2 Å². The van der Waals surface area contributed by atoms with Crippen molar-refractivity contribution in [2.75, 3.05) is 13.1 Å². The molecule has 1 heterocycles. The van der Waals surface area contributed by atoms with Crippen molar-refractivity contribution in [3.63, 3.8) is 0 Å². The molecule has 0 aliphatic carbocycles. The molecule has 5 heteroatoms. The van der Waals surface area contributed by atoms with Gasteiger partial charge in [-0.3, -0.25) is 9.59 Å². The van der Waals surface area contributed by atoms with E-state index in [4.69, 9.17) is 5.73 Å². The number of likely N-dealkylation sites (tertiary alicyclic amines) is 1. The zero-order chi connectivity index (χ0) is 14.5. The summed E-state index contributed by atoms with van der Waals surface area (Å²) in [7, 11) is 0. The molecular weight excluding hydrogens is 272 g/mol.